The van der Waals surface area contributed by atoms with Crippen LogP contribution in [0.15, 0.2) is 36.5 Å². The van der Waals surface area contributed by atoms with Crippen molar-refractivity contribution in [3.05, 3.63) is 52.8 Å². The average Bonchev–Trinajstić information content (AvgIpc) is 3.16. The fourth-order valence-electron chi connectivity index (χ4n) is 2.81. The molecule has 0 radical (unpaired) electrons. The Balaban J connectivity index is 1.45. The minimum absolute atomic E-state index is 0.106. The minimum Gasteiger partial charge on any atom is -0.351 e. The minimum atomic E-state index is -0.228. The zero-order valence-corrected chi connectivity index (χ0v) is 16.5. The summed E-state index contributed by atoms with van der Waals surface area (Å²) in [6.07, 6.45) is 4.72. The van der Waals surface area contributed by atoms with Crippen molar-refractivity contribution < 1.29 is 9.59 Å². The molecule has 8 nitrogen and oxygen atoms in total. The Morgan fingerprint density at radius 1 is 1.21 bits per heavy atom. The highest BCUT2D eigenvalue weighted by atomic mass is 35.5. The molecule has 1 aromatic carbocycles. The smallest absolute Gasteiger partial charge is 0.276 e. The van der Waals surface area contributed by atoms with Gasteiger partial charge in [0.2, 0.25) is 5.91 Å². The summed E-state index contributed by atoms with van der Waals surface area (Å²) in [5.41, 5.74) is 1.11. The van der Waals surface area contributed by atoms with Crippen molar-refractivity contribution in [3.63, 3.8) is 0 Å². The van der Waals surface area contributed by atoms with E-state index in [0.29, 0.717) is 36.9 Å². The molecule has 1 saturated heterocycles. The van der Waals surface area contributed by atoms with Gasteiger partial charge < -0.3 is 15.1 Å². The van der Waals surface area contributed by atoms with Crippen LogP contribution in [0.2, 0.25) is 5.02 Å². The molecule has 9 heteroatoms. The van der Waals surface area contributed by atoms with Crippen molar-refractivity contribution in [2.45, 2.75) is 6.54 Å². The molecule has 0 atom stereocenters. The summed E-state index contributed by atoms with van der Waals surface area (Å²) >= 11 is 6.05. The van der Waals surface area contributed by atoms with Crippen molar-refractivity contribution in [1.82, 2.24) is 30.1 Å². The number of hydrogen-bond acceptors (Lipinski definition) is 5. The van der Waals surface area contributed by atoms with Crippen molar-refractivity contribution in [2.75, 3.05) is 39.8 Å². The third-order valence-corrected chi connectivity index (χ3v) is 4.85. The largest absolute Gasteiger partial charge is 0.351 e. The first-order valence-corrected chi connectivity index (χ1v) is 9.49. The van der Waals surface area contributed by atoms with Gasteiger partial charge in [-0.05, 0) is 24.8 Å². The lowest BCUT2D eigenvalue weighted by Gasteiger charge is -2.31. The van der Waals surface area contributed by atoms with Crippen LogP contribution >= 0.6 is 11.6 Å². The molecule has 1 aliphatic rings. The van der Waals surface area contributed by atoms with Crippen molar-refractivity contribution >= 4 is 29.5 Å². The number of halogens is 1. The van der Waals surface area contributed by atoms with E-state index < -0.39 is 0 Å². The molecule has 0 aliphatic carbocycles. The molecule has 2 heterocycles. The Bertz CT molecular complexity index is 858. The second kappa shape index (κ2) is 9.48. The lowest BCUT2D eigenvalue weighted by molar-refractivity contribution is -0.116. The Labute approximate surface area is 168 Å². The topological polar surface area (TPSA) is 83.4 Å². The SMILES string of the molecule is CN1CCN(C(=O)c2cn(CCNC(=O)/C=C/c3ccccc3Cl)nn2)CC1. The molecule has 0 unspecified atom stereocenters. The van der Waals surface area contributed by atoms with Crippen LogP contribution in [0.25, 0.3) is 6.08 Å². The number of nitrogens with one attached hydrogen (secondary N) is 1. The van der Waals surface area contributed by atoms with E-state index in [9.17, 15) is 9.59 Å². The summed E-state index contributed by atoms with van der Waals surface area (Å²) in [4.78, 5) is 28.3. The number of rotatable bonds is 6. The third-order valence-electron chi connectivity index (χ3n) is 4.51. The van der Waals surface area contributed by atoms with Gasteiger partial charge in [-0.2, -0.15) is 0 Å². The number of carbonyl (C=O) groups is 2. The van der Waals surface area contributed by atoms with Gasteiger partial charge in [0.25, 0.3) is 5.91 Å². The summed E-state index contributed by atoms with van der Waals surface area (Å²) in [5.74, 6) is -0.333. The van der Waals surface area contributed by atoms with E-state index >= 15 is 0 Å². The number of hydrogen-bond donors (Lipinski definition) is 1. The van der Waals surface area contributed by atoms with Crippen LogP contribution in [0.1, 0.15) is 16.1 Å². The van der Waals surface area contributed by atoms with Crippen LogP contribution in [0.5, 0.6) is 0 Å². The molecule has 28 heavy (non-hydrogen) atoms. The van der Waals surface area contributed by atoms with E-state index in [1.165, 1.54) is 6.08 Å². The normalized spacial score (nSPS) is 15.1. The second-order valence-electron chi connectivity index (χ2n) is 6.61. The average molecular weight is 403 g/mol. The highest BCUT2D eigenvalue weighted by molar-refractivity contribution is 6.32. The molecule has 1 aromatic heterocycles. The first kappa shape index (κ1) is 20.0. The van der Waals surface area contributed by atoms with Crippen molar-refractivity contribution in [2.24, 2.45) is 0 Å². The molecular weight excluding hydrogens is 380 g/mol. The molecule has 3 rings (SSSR count). The summed E-state index contributed by atoms with van der Waals surface area (Å²) in [6, 6.07) is 7.29. The molecule has 0 bridgehead atoms. The molecule has 1 fully saturated rings. The quantitative estimate of drug-likeness (QED) is 0.733. The summed E-state index contributed by atoms with van der Waals surface area (Å²) in [5, 5.41) is 11.3. The standard InChI is InChI=1S/C19H23ClN6O2/c1-24-10-12-25(13-11-24)19(28)17-14-26(23-22-17)9-8-21-18(27)7-6-15-4-2-3-5-16(15)20/h2-7,14H,8-13H2,1H3,(H,21,27)/b7-6+. The van der Waals surface area contributed by atoms with E-state index in [4.69, 9.17) is 11.6 Å². The van der Waals surface area contributed by atoms with Gasteiger partial charge in [0.1, 0.15) is 0 Å². The maximum Gasteiger partial charge on any atom is 0.276 e. The van der Waals surface area contributed by atoms with E-state index in [-0.39, 0.29) is 11.8 Å². The van der Waals surface area contributed by atoms with Gasteiger partial charge in [-0.15, -0.1) is 5.10 Å². The predicted molar refractivity (Wildman–Crippen MR) is 107 cm³/mol. The van der Waals surface area contributed by atoms with E-state index in [1.807, 2.05) is 25.2 Å². The monoisotopic (exact) mass is 402 g/mol. The Hall–Kier alpha value is -2.71. The number of carbonyl (C=O) groups excluding carboxylic acids is 2. The summed E-state index contributed by atoms with van der Waals surface area (Å²) in [6.45, 7) is 3.89. The zero-order valence-electron chi connectivity index (χ0n) is 15.7. The molecule has 1 aliphatic heterocycles. The number of piperazine rings is 1. The van der Waals surface area contributed by atoms with Crippen molar-refractivity contribution in [3.8, 4) is 0 Å². The molecular formula is C19H23ClN6O2. The zero-order chi connectivity index (χ0) is 19.9. The highest BCUT2D eigenvalue weighted by Gasteiger charge is 2.22. The van der Waals surface area contributed by atoms with Crippen LogP contribution in [-0.2, 0) is 11.3 Å². The van der Waals surface area contributed by atoms with E-state index in [2.05, 4.69) is 20.5 Å². The summed E-state index contributed by atoms with van der Waals surface area (Å²) < 4.78 is 1.56. The van der Waals surface area contributed by atoms with Gasteiger partial charge in [0.15, 0.2) is 5.69 Å². The molecule has 2 aromatic rings. The number of aromatic nitrogens is 3. The third kappa shape index (κ3) is 5.40. The maximum absolute atomic E-state index is 12.5. The van der Waals surface area contributed by atoms with Crippen molar-refractivity contribution in [1.29, 1.82) is 0 Å². The van der Waals surface area contributed by atoms with Gasteiger partial charge in [-0.1, -0.05) is 35.0 Å². The summed E-state index contributed by atoms with van der Waals surface area (Å²) in [7, 11) is 2.04. The molecule has 0 spiro atoms. The number of benzene rings is 1. The Kier molecular flexibility index (Phi) is 6.78. The fourth-order valence-corrected chi connectivity index (χ4v) is 3.00. The number of likely N-dealkylation sites (N-methyl/N-ethyl adjacent to an activating group) is 1. The van der Waals surface area contributed by atoms with Crippen LogP contribution < -0.4 is 5.32 Å². The maximum atomic E-state index is 12.5. The fraction of sp³-hybridized carbons (Fsp3) is 0.368. The Morgan fingerprint density at radius 2 is 1.96 bits per heavy atom. The second-order valence-corrected chi connectivity index (χ2v) is 7.02. The number of nitrogens with zero attached hydrogens (tertiary/aromatic N) is 5. The van der Waals surface area contributed by atoms with Gasteiger partial charge in [-0.3, -0.25) is 9.59 Å². The van der Waals surface area contributed by atoms with Crippen LogP contribution in [0.3, 0.4) is 0 Å². The predicted octanol–water partition coefficient (Wildman–Crippen LogP) is 1.15. The first-order chi connectivity index (χ1) is 13.5. The molecule has 0 saturated carbocycles. The molecule has 148 valence electrons. The van der Waals surface area contributed by atoms with E-state index in [1.54, 1.807) is 27.9 Å². The lowest BCUT2D eigenvalue weighted by Crippen LogP contribution is -2.47. The van der Waals surface area contributed by atoms with Gasteiger partial charge >= 0.3 is 0 Å². The lowest BCUT2D eigenvalue weighted by atomic mass is 10.2. The molecule has 2 amide bonds. The highest BCUT2D eigenvalue weighted by Crippen LogP contribution is 2.16. The molecule has 1 N–H and O–H groups in total. The van der Waals surface area contributed by atoms with Crippen LogP contribution in [0, 0.1) is 0 Å². The van der Waals surface area contributed by atoms with E-state index in [0.717, 1.165) is 18.7 Å². The Morgan fingerprint density at radius 3 is 2.71 bits per heavy atom. The number of amides is 2. The van der Waals surface area contributed by atoms with Gasteiger partial charge in [-0.25, -0.2) is 4.68 Å². The van der Waals surface area contributed by atoms with Gasteiger partial charge in [0.05, 0.1) is 12.7 Å². The van der Waals surface area contributed by atoms with Crippen LogP contribution in [0.4, 0.5) is 0 Å². The first-order valence-electron chi connectivity index (χ1n) is 9.11. The van der Waals surface area contributed by atoms with Gasteiger partial charge in [0, 0.05) is 43.8 Å². The van der Waals surface area contributed by atoms with Crippen LogP contribution in [-0.4, -0.2) is 76.4 Å².